The highest BCUT2D eigenvalue weighted by molar-refractivity contribution is 5.74. The average molecular weight is 286 g/mol. The van der Waals surface area contributed by atoms with Crippen LogP contribution in [-0.2, 0) is 9.53 Å². The molecule has 1 saturated heterocycles. The number of ether oxygens (including phenoxy) is 1. The number of nitrogens with zero attached hydrogens (tertiary/aromatic N) is 1. The van der Waals surface area contributed by atoms with Gasteiger partial charge in [-0.15, -0.1) is 0 Å². The molecule has 1 fully saturated rings. The van der Waals surface area contributed by atoms with E-state index in [-0.39, 0.29) is 18.6 Å². The fraction of sp³-hybridized carbons (Fsp3) is 0.857. The summed E-state index contributed by atoms with van der Waals surface area (Å²) in [6.07, 6.45) is 4.67. The van der Waals surface area contributed by atoms with Gasteiger partial charge in [-0.2, -0.15) is 0 Å². The summed E-state index contributed by atoms with van der Waals surface area (Å²) in [7, 11) is 0. The van der Waals surface area contributed by atoms with Gasteiger partial charge in [0.1, 0.15) is 0 Å². The second kappa shape index (κ2) is 9.58. The second-order valence-electron chi connectivity index (χ2n) is 5.27. The third kappa shape index (κ3) is 7.33. The molecule has 20 heavy (non-hydrogen) atoms. The van der Waals surface area contributed by atoms with Gasteiger partial charge in [0.15, 0.2) is 0 Å². The number of nitrogens with one attached hydrogen (secondary N) is 1. The molecule has 1 rings (SSSR count). The highest BCUT2D eigenvalue weighted by Crippen LogP contribution is 2.06. The molecule has 0 bridgehead atoms. The smallest absolute Gasteiger partial charge is 0.317 e. The Labute approximate surface area is 120 Å². The van der Waals surface area contributed by atoms with Crippen molar-refractivity contribution in [2.45, 2.75) is 51.6 Å². The van der Waals surface area contributed by atoms with Crippen LogP contribution in [0.1, 0.15) is 45.4 Å². The van der Waals surface area contributed by atoms with Gasteiger partial charge in [0.25, 0.3) is 0 Å². The predicted molar refractivity (Wildman–Crippen MR) is 75.7 cm³/mol. The number of carboxylic acids is 1. The molecule has 6 heteroatoms. The van der Waals surface area contributed by atoms with Crippen LogP contribution in [0.4, 0.5) is 4.79 Å². The van der Waals surface area contributed by atoms with Crippen LogP contribution in [0.15, 0.2) is 0 Å². The van der Waals surface area contributed by atoms with Crippen molar-refractivity contribution in [2.75, 3.05) is 26.2 Å². The Kier molecular flexibility index (Phi) is 8.02. The summed E-state index contributed by atoms with van der Waals surface area (Å²) in [4.78, 5) is 24.1. The summed E-state index contributed by atoms with van der Waals surface area (Å²) < 4.78 is 5.50. The SMILES string of the molecule is CC1CN(C(=O)NCCCCCCC(=O)O)CCCO1. The van der Waals surface area contributed by atoms with Gasteiger partial charge >= 0.3 is 12.0 Å². The van der Waals surface area contributed by atoms with E-state index >= 15 is 0 Å². The Morgan fingerprint density at radius 2 is 2.05 bits per heavy atom. The number of unbranched alkanes of at least 4 members (excludes halogenated alkanes) is 3. The Balaban J connectivity index is 2.05. The molecule has 0 aromatic carbocycles. The predicted octanol–water partition coefficient (Wildman–Crippen LogP) is 1.84. The molecular weight excluding hydrogens is 260 g/mol. The van der Waals surface area contributed by atoms with E-state index in [9.17, 15) is 9.59 Å². The lowest BCUT2D eigenvalue weighted by atomic mass is 10.1. The summed E-state index contributed by atoms with van der Waals surface area (Å²) in [5.41, 5.74) is 0. The Morgan fingerprint density at radius 1 is 1.30 bits per heavy atom. The fourth-order valence-corrected chi connectivity index (χ4v) is 2.24. The van der Waals surface area contributed by atoms with E-state index < -0.39 is 5.97 Å². The zero-order valence-corrected chi connectivity index (χ0v) is 12.3. The number of aliphatic carboxylic acids is 1. The van der Waals surface area contributed by atoms with Crippen molar-refractivity contribution in [3.8, 4) is 0 Å². The van der Waals surface area contributed by atoms with Gasteiger partial charge < -0.3 is 20.1 Å². The molecule has 1 aliphatic heterocycles. The first-order chi connectivity index (χ1) is 9.59. The van der Waals surface area contributed by atoms with E-state index in [1.165, 1.54) is 0 Å². The van der Waals surface area contributed by atoms with Gasteiger partial charge in [-0.25, -0.2) is 4.79 Å². The number of urea groups is 1. The number of rotatable bonds is 7. The van der Waals surface area contributed by atoms with E-state index in [4.69, 9.17) is 9.84 Å². The molecule has 0 radical (unpaired) electrons. The van der Waals surface area contributed by atoms with Crippen LogP contribution in [0.3, 0.4) is 0 Å². The lowest BCUT2D eigenvalue weighted by molar-refractivity contribution is -0.137. The highest BCUT2D eigenvalue weighted by Gasteiger charge is 2.19. The molecule has 2 amide bonds. The van der Waals surface area contributed by atoms with Crippen LogP contribution in [0.2, 0.25) is 0 Å². The van der Waals surface area contributed by atoms with Gasteiger partial charge in [0, 0.05) is 32.7 Å². The molecule has 0 aromatic rings. The number of carbonyl (C=O) groups is 2. The van der Waals surface area contributed by atoms with E-state index in [0.717, 1.165) is 32.2 Å². The van der Waals surface area contributed by atoms with Crippen LogP contribution in [0.25, 0.3) is 0 Å². The Bertz CT molecular complexity index is 310. The van der Waals surface area contributed by atoms with Gasteiger partial charge in [-0.3, -0.25) is 4.79 Å². The van der Waals surface area contributed by atoms with Crippen LogP contribution < -0.4 is 5.32 Å². The van der Waals surface area contributed by atoms with E-state index in [0.29, 0.717) is 26.1 Å². The molecule has 6 nitrogen and oxygen atoms in total. The van der Waals surface area contributed by atoms with Gasteiger partial charge in [-0.1, -0.05) is 12.8 Å². The number of hydrogen-bond acceptors (Lipinski definition) is 3. The van der Waals surface area contributed by atoms with Crippen LogP contribution in [0, 0.1) is 0 Å². The van der Waals surface area contributed by atoms with Crippen molar-refractivity contribution in [3.63, 3.8) is 0 Å². The van der Waals surface area contributed by atoms with E-state index in [2.05, 4.69) is 5.32 Å². The minimum Gasteiger partial charge on any atom is -0.481 e. The molecule has 2 N–H and O–H groups in total. The second-order valence-corrected chi connectivity index (χ2v) is 5.27. The largest absolute Gasteiger partial charge is 0.481 e. The van der Waals surface area contributed by atoms with Crippen molar-refractivity contribution in [1.82, 2.24) is 10.2 Å². The lowest BCUT2D eigenvalue weighted by Gasteiger charge is -2.22. The van der Waals surface area contributed by atoms with Crippen molar-refractivity contribution in [1.29, 1.82) is 0 Å². The summed E-state index contributed by atoms with van der Waals surface area (Å²) in [5.74, 6) is -0.740. The van der Waals surface area contributed by atoms with Crippen molar-refractivity contribution >= 4 is 12.0 Å². The maximum Gasteiger partial charge on any atom is 0.317 e. The summed E-state index contributed by atoms with van der Waals surface area (Å²) in [6, 6.07) is -0.0205. The zero-order chi connectivity index (χ0) is 14.8. The first-order valence-electron chi connectivity index (χ1n) is 7.46. The van der Waals surface area contributed by atoms with E-state index in [1.54, 1.807) is 0 Å². The van der Waals surface area contributed by atoms with Crippen LogP contribution >= 0.6 is 0 Å². The van der Waals surface area contributed by atoms with Gasteiger partial charge in [-0.05, 0) is 26.2 Å². The quantitative estimate of drug-likeness (QED) is 0.700. The third-order valence-electron chi connectivity index (χ3n) is 3.33. The number of amides is 2. The van der Waals surface area contributed by atoms with Crippen molar-refractivity contribution in [3.05, 3.63) is 0 Å². The monoisotopic (exact) mass is 286 g/mol. The van der Waals surface area contributed by atoms with Crippen LogP contribution in [0.5, 0.6) is 0 Å². The summed E-state index contributed by atoms with van der Waals surface area (Å²) in [6.45, 7) is 4.74. The third-order valence-corrected chi connectivity index (χ3v) is 3.33. The molecule has 1 unspecified atom stereocenters. The normalized spacial score (nSPS) is 19.4. The summed E-state index contributed by atoms with van der Waals surface area (Å²) in [5, 5.41) is 11.4. The first kappa shape index (κ1) is 16.8. The molecule has 0 aromatic heterocycles. The van der Waals surface area contributed by atoms with Crippen molar-refractivity contribution < 1.29 is 19.4 Å². The highest BCUT2D eigenvalue weighted by atomic mass is 16.5. The molecule has 0 aliphatic carbocycles. The number of carboxylic acid groups (broad SMARTS) is 1. The molecule has 0 saturated carbocycles. The zero-order valence-electron chi connectivity index (χ0n) is 12.3. The van der Waals surface area contributed by atoms with E-state index in [1.807, 2.05) is 11.8 Å². The fourth-order valence-electron chi connectivity index (χ4n) is 2.24. The Morgan fingerprint density at radius 3 is 2.80 bits per heavy atom. The Hall–Kier alpha value is -1.30. The standard InChI is InChI=1S/C14H26N2O4/c1-12-11-16(9-6-10-20-12)14(19)15-8-5-3-2-4-7-13(17)18/h12H,2-11H2,1H3,(H,15,19)(H,17,18). The molecular formula is C14H26N2O4. The molecule has 1 heterocycles. The number of hydrogen-bond donors (Lipinski definition) is 2. The molecule has 116 valence electrons. The van der Waals surface area contributed by atoms with Crippen molar-refractivity contribution in [2.24, 2.45) is 0 Å². The minimum absolute atomic E-state index is 0.0205. The van der Waals surface area contributed by atoms with Crippen LogP contribution in [-0.4, -0.2) is 54.4 Å². The number of carbonyl (C=O) groups excluding carboxylic acids is 1. The maximum absolute atomic E-state index is 12.0. The maximum atomic E-state index is 12.0. The molecule has 1 atom stereocenters. The average Bonchev–Trinajstić information content (AvgIpc) is 2.61. The van der Waals surface area contributed by atoms with Gasteiger partial charge in [0.05, 0.1) is 6.10 Å². The first-order valence-corrected chi connectivity index (χ1v) is 7.46. The topological polar surface area (TPSA) is 78.9 Å². The molecule has 0 spiro atoms. The molecule has 1 aliphatic rings. The van der Waals surface area contributed by atoms with Gasteiger partial charge in [0.2, 0.25) is 0 Å². The minimum atomic E-state index is -0.740. The lowest BCUT2D eigenvalue weighted by Crippen LogP contribution is -2.43. The summed E-state index contributed by atoms with van der Waals surface area (Å²) >= 11 is 0.